The Hall–Kier alpha value is -3.48. The van der Waals surface area contributed by atoms with Gasteiger partial charge in [0.15, 0.2) is 0 Å². The molecule has 0 unspecified atom stereocenters. The number of fused-ring (bicyclic) bond motifs is 1. The third-order valence-electron chi connectivity index (χ3n) is 3.47. The minimum atomic E-state index is -0.133. The van der Waals surface area contributed by atoms with Crippen molar-refractivity contribution in [3.8, 4) is 17.2 Å². The smallest absolute Gasteiger partial charge is 0.258 e. The molecule has 0 radical (unpaired) electrons. The number of ether oxygens (including phenoxy) is 1. The molecule has 0 aliphatic carbocycles. The summed E-state index contributed by atoms with van der Waals surface area (Å²) in [7, 11) is 0. The Morgan fingerprint density at radius 1 is 1.12 bits per heavy atom. The average Bonchev–Trinajstić information content (AvgIpc) is 3.15. The zero-order chi connectivity index (χ0) is 16.4. The first-order chi connectivity index (χ1) is 11.8. The van der Waals surface area contributed by atoms with Crippen LogP contribution in [-0.4, -0.2) is 19.6 Å². The highest BCUT2D eigenvalue weighted by molar-refractivity contribution is 5.53. The van der Waals surface area contributed by atoms with E-state index in [9.17, 15) is 4.79 Å². The minimum absolute atomic E-state index is 0.133. The lowest BCUT2D eigenvalue weighted by Crippen LogP contribution is -2.16. The summed E-state index contributed by atoms with van der Waals surface area (Å²) in [4.78, 5) is 16.4. The number of hydrogen-bond donors (Lipinski definition) is 0. The highest BCUT2D eigenvalue weighted by atomic mass is 16.5. The van der Waals surface area contributed by atoms with Gasteiger partial charge in [-0.15, -0.1) is 10.2 Å². The van der Waals surface area contributed by atoms with Crippen LogP contribution in [-0.2, 0) is 6.61 Å². The molecule has 0 aliphatic rings. The molecule has 0 saturated carbocycles. The molecule has 0 spiro atoms. The topological polar surface area (TPSA) is 82.5 Å². The summed E-state index contributed by atoms with van der Waals surface area (Å²) in [5, 5.41) is 7.49. The molecule has 3 heterocycles. The van der Waals surface area contributed by atoms with Crippen molar-refractivity contribution in [3.63, 3.8) is 0 Å². The van der Waals surface area contributed by atoms with Gasteiger partial charge in [-0.05, 0) is 36.4 Å². The Morgan fingerprint density at radius 3 is 2.79 bits per heavy atom. The second-order valence-electron chi connectivity index (χ2n) is 5.07. The van der Waals surface area contributed by atoms with E-state index in [1.165, 1.54) is 16.9 Å². The van der Waals surface area contributed by atoms with Gasteiger partial charge in [-0.3, -0.25) is 9.20 Å². The maximum Gasteiger partial charge on any atom is 0.258 e. The minimum Gasteiger partial charge on any atom is -0.487 e. The molecule has 24 heavy (non-hydrogen) atoms. The maximum absolute atomic E-state index is 12.0. The van der Waals surface area contributed by atoms with Crippen LogP contribution in [0.3, 0.4) is 0 Å². The molecule has 7 heteroatoms. The van der Waals surface area contributed by atoms with Gasteiger partial charge in [-0.25, -0.2) is 4.98 Å². The lowest BCUT2D eigenvalue weighted by Gasteiger charge is -2.07. The molecule has 118 valence electrons. The largest absolute Gasteiger partial charge is 0.487 e. The fourth-order valence-corrected chi connectivity index (χ4v) is 2.33. The highest BCUT2D eigenvalue weighted by Crippen LogP contribution is 2.20. The van der Waals surface area contributed by atoms with Gasteiger partial charge < -0.3 is 9.15 Å². The zero-order valence-corrected chi connectivity index (χ0v) is 12.5. The van der Waals surface area contributed by atoms with Gasteiger partial charge in [0, 0.05) is 17.8 Å². The van der Waals surface area contributed by atoms with Gasteiger partial charge in [0.2, 0.25) is 12.3 Å². The van der Waals surface area contributed by atoms with Crippen LogP contribution in [0.25, 0.3) is 17.1 Å². The Morgan fingerprint density at radius 2 is 2.00 bits per heavy atom. The number of aromatic nitrogens is 4. The number of pyridine rings is 1. The average molecular weight is 320 g/mol. The fraction of sp³-hybridized carbons (Fsp3) is 0.0588. The molecule has 4 aromatic rings. The van der Waals surface area contributed by atoms with Crippen molar-refractivity contribution in [1.29, 1.82) is 0 Å². The van der Waals surface area contributed by atoms with Gasteiger partial charge in [0.1, 0.15) is 18.0 Å². The predicted octanol–water partition coefficient (Wildman–Crippen LogP) is 2.32. The van der Waals surface area contributed by atoms with Gasteiger partial charge in [0.05, 0.1) is 5.69 Å². The molecule has 0 atom stereocenters. The van der Waals surface area contributed by atoms with Crippen LogP contribution in [0.4, 0.5) is 0 Å². The summed E-state index contributed by atoms with van der Waals surface area (Å²) in [5.74, 6) is 1.11. The summed E-state index contributed by atoms with van der Waals surface area (Å²) < 4.78 is 12.3. The van der Waals surface area contributed by atoms with Crippen LogP contribution in [0.5, 0.6) is 5.75 Å². The number of nitrogens with zero attached hydrogens (tertiary/aromatic N) is 4. The molecular formula is C17H12N4O3. The molecule has 7 nitrogen and oxygen atoms in total. The van der Waals surface area contributed by atoms with Crippen molar-refractivity contribution in [2.24, 2.45) is 0 Å². The summed E-state index contributed by atoms with van der Waals surface area (Å²) in [6, 6.07) is 14.1. The van der Waals surface area contributed by atoms with E-state index in [-0.39, 0.29) is 12.2 Å². The third kappa shape index (κ3) is 2.74. The Balaban J connectivity index is 1.51. The van der Waals surface area contributed by atoms with Crippen LogP contribution in [0.1, 0.15) is 5.69 Å². The lowest BCUT2D eigenvalue weighted by molar-refractivity contribution is 0.301. The number of benzene rings is 1. The predicted molar refractivity (Wildman–Crippen MR) is 85.5 cm³/mol. The third-order valence-corrected chi connectivity index (χ3v) is 3.47. The van der Waals surface area contributed by atoms with E-state index in [1.54, 1.807) is 30.5 Å². The SMILES string of the molecule is O=c1cc(COc2ccc(-c3nnco3)cc2)nc2ccccn12. The second kappa shape index (κ2) is 5.96. The summed E-state index contributed by atoms with van der Waals surface area (Å²) in [5.41, 5.74) is 1.84. The van der Waals surface area contributed by atoms with Gasteiger partial charge in [0.25, 0.3) is 5.56 Å². The van der Waals surface area contributed by atoms with E-state index in [0.29, 0.717) is 23.0 Å². The van der Waals surface area contributed by atoms with Crippen molar-refractivity contribution in [2.75, 3.05) is 0 Å². The first-order valence-electron chi connectivity index (χ1n) is 7.26. The normalized spacial score (nSPS) is 10.8. The van der Waals surface area contributed by atoms with E-state index in [4.69, 9.17) is 9.15 Å². The van der Waals surface area contributed by atoms with Crippen molar-refractivity contribution >= 4 is 5.65 Å². The standard InChI is InChI=1S/C17H12N4O3/c22-16-9-13(19-15-3-1-2-8-21(15)16)10-23-14-6-4-12(5-7-14)17-20-18-11-24-17/h1-9,11H,10H2. The molecule has 0 N–H and O–H groups in total. The van der Waals surface area contributed by atoms with Crippen molar-refractivity contribution in [1.82, 2.24) is 19.6 Å². The Labute approximate surface area is 136 Å². The zero-order valence-electron chi connectivity index (χ0n) is 12.5. The number of rotatable bonds is 4. The molecule has 0 bridgehead atoms. The first kappa shape index (κ1) is 14.1. The fourth-order valence-electron chi connectivity index (χ4n) is 2.33. The lowest BCUT2D eigenvalue weighted by atomic mass is 10.2. The molecule has 1 aromatic carbocycles. The molecular weight excluding hydrogens is 308 g/mol. The van der Waals surface area contributed by atoms with Crippen molar-refractivity contribution < 1.29 is 9.15 Å². The Kier molecular flexibility index (Phi) is 3.51. The van der Waals surface area contributed by atoms with Crippen LogP contribution in [0.15, 0.2) is 70.3 Å². The second-order valence-corrected chi connectivity index (χ2v) is 5.07. The molecule has 0 amide bonds. The first-order valence-corrected chi connectivity index (χ1v) is 7.26. The van der Waals surface area contributed by atoms with Gasteiger partial charge in [-0.1, -0.05) is 6.07 Å². The van der Waals surface area contributed by atoms with E-state index in [0.717, 1.165) is 5.56 Å². The monoisotopic (exact) mass is 320 g/mol. The van der Waals surface area contributed by atoms with Crippen LogP contribution < -0.4 is 10.3 Å². The molecule has 4 rings (SSSR count). The summed E-state index contributed by atoms with van der Waals surface area (Å²) in [6.07, 6.45) is 2.97. The Bertz CT molecular complexity index is 1020. The van der Waals surface area contributed by atoms with Gasteiger partial charge >= 0.3 is 0 Å². The van der Waals surface area contributed by atoms with E-state index < -0.39 is 0 Å². The molecule has 0 fully saturated rings. The number of hydrogen-bond acceptors (Lipinski definition) is 6. The van der Waals surface area contributed by atoms with E-state index >= 15 is 0 Å². The molecule has 0 saturated heterocycles. The van der Waals surface area contributed by atoms with Crippen molar-refractivity contribution in [2.45, 2.75) is 6.61 Å². The molecule has 3 aromatic heterocycles. The van der Waals surface area contributed by atoms with E-state index in [1.807, 2.05) is 18.2 Å². The maximum atomic E-state index is 12.0. The van der Waals surface area contributed by atoms with Crippen LogP contribution >= 0.6 is 0 Å². The summed E-state index contributed by atoms with van der Waals surface area (Å²) in [6.45, 7) is 0.209. The quantitative estimate of drug-likeness (QED) is 0.574. The van der Waals surface area contributed by atoms with Crippen molar-refractivity contribution in [3.05, 3.63) is 77.2 Å². The summed E-state index contributed by atoms with van der Waals surface area (Å²) >= 11 is 0. The van der Waals surface area contributed by atoms with Crippen LogP contribution in [0.2, 0.25) is 0 Å². The van der Waals surface area contributed by atoms with E-state index in [2.05, 4.69) is 15.2 Å². The van der Waals surface area contributed by atoms with Gasteiger partial charge in [-0.2, -0.15) is 0 Å². The highest BCUT2D eigenvalue weighted by Gasteiger charge is 2.05. The van der Waals surface area contributed by atoms with Crippen LogP contribution in [0, 0.1) is 0 Å². The molecule has 0 aliphatic heterocycles.